The van der Waals surface area contributed by atoms with Gasteiger partial charge in [0.25, 0.3) is 0 Å². The topological polar surface area (TPSA) is 93.6 Å². The van der Waals surface area contributed by atoms with Crippen molar-refractivity contribution in [3.63, 3.8) is 0 Å². The molecule has 0 spiro atoms. The molecule has 0 saturated carbocycles. The number of sulfonamides is 1. The second-order valence-corrected chi connectivity index (χ2v) is 7.07. The van der Waals surface area contributed by atoms with Gasteiger partial charge in [-0.2, -0.15) is 0 Å². The highest BCUT2D eigenvalue weighted by molar-refractivity contribution is 7.89. The van der Waals surface area contributed by atoms with Crippen molar-refractivity contribution in [2.75, 3.05) is 12.3 Å². The molecule has 1 amide bonds. The summed E-state index contributed by atoms with van der Waals surface area (Å²) in [5.41, 5.74) is 0. The molecule has 20 heavy (non-hydrogen) atoms. The lowest BCUT2D eigenvalue weighted by molar-refractivity contribution is -0.129. The minimum atomic E-state index is -3.52. The first-order valence-corrected chi connectivity index (χ1v) is 8.39. The fourth-order valence-corrected chi connectivity index (χ4v) is 3.52. The highest BCUT2D eigenvalue weighted by atomic mass is 32.2. The van der Waals surface area contributed by atoms with E-state index in [1.165, 1.54) is 0 Å². The molecule has 1 fully saturated rings. The number of furan rings is 1. The first-order valence-electron chi connectivity index (χ1n) is 6.67. The van der Waals surface area contributed by atoms with Gasteiger partial charge in [0, 0.05) is 31.3 Å². The van der Waals surface area contributed by atoms with Gasteiger partial charge in [0.2, 0.25) is 15.9 Å². The van der Waals surface area contributed by atoms with E-state index in [2.05, 4.69) is 0 Å². The summed E-state index contributed by atoms with van der Waals surface area (Å²) in [5, 5.41) is 5.04. The molecule has 0 bridgehead atoms. The maximum absolute atomic E-state index is 11.9. The quantitative estimate of drug-likeness (QED) is 0.838. The summed E-state index contributed by atoms with van der Waals surface area (Å²) in [6.45, 7) is 2.44. The average molecular weight is 300 g/mol. The summed E-state index contributed by atoms with van der Waals surface area (Å²) in [4.78, 5) is 13.7. The summed E-state index contributed by atoms with van der Waals surface area (Å²) >= 11 is 0. The molecular formula is C13H20N2O4S. The highest BCUT2D eigenvalue weighted by Crippen LogP contribution is 2.23. The smallest absolute Gasteiger partial charge is 0.223 e. The van der Waals surface area contributed by atoms with Gasteiger partial charge in [0.15, 0.2) is 0 Å². The molecule has 1 aliphatic rings. The van der Waals surface area contributed by atoms with Crippen LogP contribution in [-0.2, 0) is 21.2 Å². The van der Waals surface area contributed by atoms with Gasteiger partial charge in [0.05, 0.1) is 12.0 Å². The lowest BCUT2D eigenvalue weighted by Gasteiger charge is -2.24. The van der Waals surface area contributed by atoms with Crippen molar-refractivity contribution in [1.29, 1.82) is 0 Å². The molecule has 2 N–H and O–H groups in total. The second-order valence-electron chi connectivity index (χ2n) is 5.41. The van der Waals surface area contributed by atoms with Gasteiger partial charge >= 0.3 is 0 Å². The number of hydrogen-bond acceptors (Lipinski definition) is 4. The van der Waals surface area contributed by atoms with Crippen LogP contribution in [0, 0.1) is 5.92 Å². The van der Waals surface area contributed by atoms with Crippen LogP contribution in [-0.4, -0.2) is 37.6 Å². The molecule has 2 heterocycles. The Morgan fingerprint density at radius 1 is 1.55 bits per heavy atom. The monoisotopic (exact) mass is 300 g/mol. The molecule has 0 radical (unpaired) electrons. The maximum atomic E-state index is 11.9. The van der Waals surface area contributed by atoms with E-state index in [1.54, 1.807) is 11.2 Å². The zero-order valence-electron chi connectivity index (χ0n) is 11.5. The predicted molar refractivity (Wildman–Crippen MR) is 74.3 cm³/mol. The van der Waals surface area contributed by atoms with E-state index in [-0.39, 0.29) is 30.0 Å². The number of nitrogens with zero attached hydrogens (tertiary/aromatic N) is 1. The number of nitrogens with two attached hydrogens (primary N) is 1. The maximum Gasteiger partial charge on any atom is 0.223 e. The lowest BCUT2D eigenvalue weighted by Crippen LogP contribution is -2.35. The Bertz CT molecular complexity index is 553. The van der Waals surface area contributed by atoms with Crippen molar-refractivity contribution in [3.8, 4) is 0 Å². The van der Waals surface area contributed by atoms with Gasteiger partial charge in [-0.3, -0.25) is 4.79 Å². The third-order valence-corrected chi connectivity index (χ3v) is 4.56. The van der Waals surface area contributed by atoms with Crippen LogP contribution < -0.4 is 5.14 Å². The van der Waals surface area contributed by atoms with Crippen LogP contribution in [0.5, 0.6) is 0 Å². The molecule has 1 aliphatic heterocycles. The van der Waals surface area contributed by atoms with E-state index in [0.717, 1.165) is 18.6 Å². The van der Waals surface area contributed by atoms with Crippen molar-refractivity contribution >= 4 is 15.9 Å². The molecule has 1 aromatic heterocycles. The van der Waals surface area contributed by atoms with E-state index in [9.17, 15) is 13.2 Å². The van der Waals surface area contributed by atoms with E-state index < -0.39 is 10.0 Å². The second kappa shape index (κ2) is 5.97. The van der Waals surface area contributed by atoms with Crippen LogP contribution in [0.1, 0.15) is 25.5 Å². The van der Waals surface area contributed by atoms with E-state index in [0.29, 0.717) is 6.54 Å². The predicted octanol–water partition coefficient (Wildman–Crippen LogP) is 0.738. The SMILES string of the molecule is CC(CCc1ccco1)N1CC(CS(N)(=O)=O)CC1=O. The summed E-state index contributed by atoms with van der Waals surface area (Å²) in [6.07, 6.45) is 3.45. The van der Waals surface area contributed by atoms with Crippen molar-refractivity contribution in [1.82, 2.24) is 4.90 Å². The van der Waals surface area contributed by atoms with Crippen LogP contribution in [0.2, 0.25) is 0 Å². The number of carbonyl (C=O) groups excluding carboxylic acids is 1. The Balaban J connectivity index is 1.87. The zero-order valence-corrected chi connectivity index (χ0v) is 12.3. The first kappa shape index (κ1) is 15.1. The van der Waals surface area contributed by atoms with Gasteiger partial charge in [-0.15, -0.1) is 0 Å². The molecule has 6 nitrogen and oxygen atoms in total. The number of amides is 1. The average Bonchev–Trinajstić information content (AvgIpc) is 2.93. The van der Waals surface area contributed by atoms with E-state index in [1.807, 2.05) is 19.1 Å². The van der Waals surface area contributed by atoms with Crippen LogP contribution in [0.25, 0.3) is 0 Å². The van der Waals surface area contributed by atoms with Gasteiger partial charge in [-0.25, -0.2) is 13.6 Å². The third-order valence-electron chi connectivity index (χ3n) is 3.63. The molecular weight excluding hydrogens is 280 g/mol. The molecule has 112 valence electrons. The van der Waals surface area contributed by atoms with Crippen molar-refractivity contribution in [2.24, 2.45) is 11.1 Å². The summed E-state index contributed by atoms with van der Waals surface area (Å²) in [7, 11) is -3.52. The fourth-order valence-electron chi connectivity index (χ4n) is 2.64. The van der Waals surface area contributed by atoms with Crippen molar-refractivity contribution < 1.29 is 17.6 Å². The lowest BCUT2D eigenvalue weighted by atomic mass is 10.1. The number of likely N-dealkylation sites (tertiary alicyclic amines) is 1. The molecule has 0 aromatic carbocycles. The molecule has 1 aromatic rings. The Hall–Kier alpha value is -1.34. The summed E-state index contributed by atoms with van der Waals surface area (Å²) in [5.74, 6) is 0.582. The molecule has 2 atom stereocenters. The number of aryl methyl sites for hydroxylation is 1. The standard InChI is InChI=1S/C13H20N2O4S/c1-10(4-5-12-3-2-6-19-12)15-8-11(7-13(15)16)9-20(14,17)18/h2-3,6,10-11H,4-5,7-9H2,1H3,(H2,14,17,18). The normalized spacial score (nSPS) is 21.4. The number of hydrogen-bond donors (Lipinski definition) is 1. The van der Waals surface area contributed by atoms with Crippen LogP contribution in [0.15, 0.2) is 22.8 Å². The minimum absolute atomic E-state index is 0.00518. The minimum Gasteiger partial charge on any atom is -0.469 e. The van der Waals surface area contributed by atoms with Crippen molar-refractivity contribution in [2.45, 2.75) is 32.2 Å². The zero-order chi connectivity index (χ0) is 14.8. The number of carbonyl (C=O) groups is 1. The van der Waals surface area contributed by atoms with E-state index in [4.69, 9.17) is 9.56 Å². The molecule has 1 saturated heterocycles. The largest absolute Gasteiger partial charge is 0.469 e. The molecule has 7 heteroatoms. The Morgan fingerprint density at radius 3 is 2.90 bits per heavy atom. The fraction of sp³-hybridized carbons (Fsp3) is 0.615. The van der Waals surface area contributed by atoms with Crippen LogP contribution in [0.3, 0.4) is 0 Å². The Labute approximate surface area is 119 Å². The van der Waals surface area contributed by atoms with Gasteiger partial charge in [-0.1, -0.05) is 0 Å². The van der Waals surface area contributed by atoms with Crippen LogP contribution in [0.4, 0.5) is 0 Å². The highest BCUT2D eigenvalue weighted by Gasteiger charge is 2.34. The number of primary sulfonamides is 1. The van der Waals surface area contributed by atoms with Gasteiger partial charge < -0.3 is 9.32 Å². The van der Waals surface area contributed by atoms with Crippen molar-refractivity contribution in [3.05, 3.63) is 24.2 Å². The van der Waals surface area contributed by atoms with Gasteiger partial charge in [-0.05, 0) is 25.5 Å². The van der Waals surface area contributed by atoms with E-state index >= 15 is 0 Å². The molecule has 0 aliphatic carbocycles. The third kappa shape index (κ3) is 4.08. The Kier molecular flexibility index (Phi) is 4.49. The molecule has 2 rings (SSSR count). The van der Waals surface area contributed by atoms with Gasteiger partial charge in [0.1, 0.15) is 5.76 Å². The summed E-state index contributed by atoms with van der Waals surface area (Å²) < 4.78 is 27.4. The Morgan fingerprint density at radius 2 is 2.30 bits per heavy atom. The molecule has 2 unspecified atom stereocenters. The summed E-state index contributed by atoms with van der Waals surface area (Å²) in [6, 6.07) is 3.81. The number of rotatable bonds is 6. The first-order chi connectivity index (χ1) is 9.35. The van der Waals surface area contributed by atoms with Crippen LogP contribution >= 0.6 is 0 Å².